The molecule has 0 aliphatic rings. The fourth-order valence-electron chi connectivity index (χ4n) is 0.860. The van der Waals surface area contributed by atoms with Crippen molar-refractivity contribution in [2.75, 3.05) is 0 Å². The topological polar surface area (TPSA) is 0 Å². The van der Waals surface area contributed by atoms with Crippen LogP contribution < -0.4 is 0 Å². The zero-order valence-electron chi connectivity index (χ0n) is 7.43. The first-order chi connectivity index (χ1) is 5.35. The van der Waals surface area contributed by atoms with Crippen molar-refractivity contribution in [3.8, 4) is 12.3 Å². The molecule has 0 unspecified atom stereocenters. The van der Waals surface area contributed by atoms with Crippen molar-refractivity contribution in [3.05, 3.63) is 23.8 Å². The third kappa shape index (κ3) is 5.48. The molecule has 0 amide bonds. The molecule has 0 spiro atoms. The van der Waals surface area contributed by atoms with Gasteiger partial charge in [-0.15, -0.1) is 6.42 Å². The Morgan fingerprint density at radius 3 is 2.73 bits per heavy atom. The predicted molar refractivity (Wildman–Crippen MR) is 51.3 cm³/mol. The van der Waals surface area contributed by atoms with E-state index in [1.807, 2.05) is 13.0 Å². The molecule has 0 aromatic rings. The molecule has 0 heterocycles. The van der Waals surface area contributed by atoms with Gasteiger partial charge >= 0.3 is 0 Å². The summed E-state index contributed by atoms with van der Waals surface area (Å²) in [5.41, 5.74) is 1.34. The third-order valence-corrected chi connectivity index (χ3v) is 1.58. The quantitative estimate of drug-likeness (QED) is 0.424. The fraction of sp³-hybridized carbons (Fsp3) is 0.455. The molecule has 0 radical (unpaired) electrons. The first-order valence-corrected chi connectivity index (χ1v) is 4.13. The predicted octanol–water partition coefficient (Wildman–Crippen LogP) is 3.31. The second-order valence-corrected chi connectivity index (χ2v) is 2.47. The molecule has 0 saturated carbocycles. The molecule has 0 N–H and O–H groups in total. The summed E-state index contributed by atoms with van der Waals surface area (Å²) in [7, 11) is 0. The van der Waals surface area contributed by atoms with Gasteiger partial charge in [0.2, 0.25) is 0 Å². The number of allylic oxidation sites excluding steroid dienone is 4. The summed E-state index contributed by atoms with van der Waals surface area (Å²) >= 11 is 0. The summed E-state index contributed by atoms with van der Waals surface area (Å²) in [6, 6.07) is 0. The molecule has 0 aromatic heterocycles. The van der Waals surface area contributed by atoms with Crippen molar-refractivity contribution in [2.45, 2.75) is 33.1 Å². The van der Waals surface area contributed by atoms with Gasteiger partial charge in [-0.3, -0.25) is 0 Å². The Kier molecular flexibility index (Phi) is 6.53. The van der Waals surface area contributed by atoms with Crippen molar-refractivity contribution in [1.82, 2.24) is 0 Å². The van der Waals surface area contributed by atoms with Gasteiger partial charge in [0.05, 0.1) is 0 Å². The zero-order valence-corrected chi connectivity index (χ0v) is 7.43. The molecule has 0 saturated heterocycles. The molecular weight excluding hydrogens is 132 g/mol. The Labute approximate surface area is 70.0 Å². The lowest BCUT2D eigenvalue weighted by Gasteiger charge is -1.97. The lowest BCUT2D eigenvalue weighted by Crippen LogP contribution is -1.77. The average molecular weight is 148 g/mol. The molecule has 0 fully saturated rings. The van der Waals surface area contributed by atoms with Gasteiger partial charge in [-0.25, -0.2) is 0 Å². The maximum Gasteiger partial charge on any atom is -0.0119 e. The highest BCUT2D eigenvalue weighted by molar-refractivity contribution is 5.24. The minimum absolute atomic E-state index is 1.14. The minimum Gasteiger partial charge on any atom is -0.115 e. The first-order valence-electron chi connectivity index (χ1n) is 4.13. The Balaban J connectivity index is 3.80. The number of unbranched alkanes of at least 4 members (excludes halogenated alkanes) is 1. The Morgan fingerprint density at radius 2 is 2.27 bits per heavy atom. The van der Waals surface area contributed by atoms with E-state index in [0.717, 1.165) is 6.42 Å². The van der Waals surface area contributed by atoms with Crippen molar-refractivity contribution in [1.29, 1.82) is 0 Å². The number of rotatable bonds is 4. The zero-order chi connectivity index (χ0) is 8.53. The van der Waals surface area contributed by atoms with Crippen molar-refractivity contribution in [3.63, 3.8) is 0 Å². The summed E-state index contributed by atoms with van der Waals surface area (Å²) < 4.78 is 0. The third-order valence-electron chi connectivity index (χ3n) is 1.58. The summed E-state index contributed by atoms with van der Waals surface area (Å²) in [5.74, 6) is 2.49. The van der Waals surface area contributed by atoms with Crippen molar-refractivity contribution in [2.24, 2.45) is 0 Å². The molecule has 0 aliphatic carbocycles. The molecule has 11 heavy (non-hydrogen) atoms. The molecule has 60 valence electrons. The van der Waals surface area contributed by atoms with Crippen molar-refractivity contribution >= 4 is 0 Å². The number of hydrogen-bond donors (Lipinski definition) is 0. The number of hydrogen-bond acceptors (Lipinski definition) is 0. The van der Waals surface area contributed by atoms with E-state index in [-0.39, 0.29) is 0 Å². The van der Waals surface area contributed by atoms with Crippen LogP contribution in [-0.2, 0) is 0 Å². The molecule has 0 aromatic carbocycles. The highest BCUT2D eigenvalue weighted by atomic mass is 13.9. The van der Waals surface area contributed by atoms with E-state index in [9.17, 15) is 0 Å². The van der Waals surface area contributed by atoms with Gasteiger partial charge in [0.1, 0.15) is 0 Å². The maximum atomic E-state index is 5.10. The van der Waals surface area contributed by atoms with Crippen LogP contribution in [0.5, 0.6) is 0 Å². The summed E-state index contributed by atoms with van der Waals surface area (Å²) in [6.07, 6.45) is 14.6. The van der Waals surface area contributed by atoms with Crippen LogP contribution in [0.15, 0.2) is 23.8 Å². The normalized spacial score (nSPS) is 11.9. The van der Waals surface area contributed by atoms with E-state index in [0.29, 0.717) is 0 Å². The second-order valence-electron chi connectivity index (χ2n) is 2.47. The van der Waals surface area contributed by atoms with Gasteiger partial charge in [-0.1, -0.05) is 37.0 Å². The Bertz CT molecular complexity index is 177. The Hall–Kier alpha value is -0.960. The van der Waals surface area contributed by atoms with Gasteiger partial charge in [0.25, 0.3) is 0 Å². The van der Waals surface area contributed by atoms with Crippen LogP contribution >= 0.6 is 0 Å². The minimum atomic E-state index is 1.14. The SMILES string of the molecule is C#C/C=C\C(=C/C)CCCC. The molecular formula is C11H16. The van der Waals surface area contributed by atoms with Crippen LogP contribution in [0, 0.1) is 12.3 Å². The largest absolute Gasteiger partial charge is 0.115 e. The summed E-state index contributed by atoms with van der Waals surface area (Å²) in [4.78, 5) is 0. The van der Waals surface area contributed by atoms with E-state index in [1.54, 1.807) is 6.08 Å². The van der Waals surface area contributed by atoms with Crippen LogP contribution in [0.4, 0.5) is 0 Å². The summed E-state index contributed by atoms with van der Waals surface area (Å²) in [5, 5.41) is 0. The molecule has 0 atom stereocenters. The van der Waals surface area contributed by atoms with Crippen LogP contribution in [0.25, 0.3) is 0 Å². The van der Waals surface area contributed by atoms with Gasteiger partial charge in [0.15, 0.2) is 0 Å². The molecule has 0 nitrogen and oxygen atoms in total. The second kappa shape index (κ2) is 7.15. The van der Waals surface area contributed by atoms with Gasteiger partial charge < -0.3 is 0 Å². The van der Waals surface area contributed by atoms with Crippen LogP contribution in [0.2, 0.25) is 0 Å². The van der Waals surface area contributed by atoms with Gasteiger partial charge in [-0.05, 0) is 25.8 Å². The molecule has 0 heteroatoms. The van der Waals surface area contributed by atoms with E-state index in [1.165, 1.54) is 18.4 Å². The van der Waals surface area contributed by atoms with E-state index >= 15 is 0 Å². The summed E-state index contributed by atoms with van der Waals surface area (Å²) in [6.45, 7) is 4.24. The lowest BCUT2D eigenvalue weighted by molar-refractivity contribution is 0.797. The fourth-order valence-corrected chi connectivity index (χ4v) is 0.860. The van der Waals surface area contributed by atoms with E-state index in [2.05, 4.69) is 18.9 Å². The van der Waals surface area contributed by atoms with Crippen LogP contribution in [0.3, 0.4) is 0 Å². The van der Waals surface area contributed by atoms with E-state index in [4.69, 9.17) is 6.42 Å². The van der Waals surface area contributed by atoms with E-state index < -0.39 is 0 Å². The highest BCUT2D eigenvalue weighted by Gasteiger charge is 1.88. The molecule has 0 rings (SSSR count). The average Bonchev–Trinajstić information content (AvgIpc) is 2.05. The van der Waals surface area contributed by atoms with Gasteiger partial charge in [-0.2, -0.15) is 0 Å². The lowest BCUT2D eigenvalue weighted by atomic mass is 10.1. The first kappa shape index (κ1) is 10.0. The van der Waals surface area contributed by atoms with Crippen LogP contribution in [0.1, 0.15) is 33.1 Å². The maximum absolute atomic E-state index is 5.10. The number of terminal acetylenes is 1. The highest BCUT2D eigenvalue weighted by Crippen LogP contribution is 2.07. The monoisotopic (exact) mass is 148 g/mol. The van der Waals surface area contributed by atoms with Crippen LogP contribution in [-0.4, -0.2) is 0 Å². The van der Waals surface area contributed by atoms with Gasteiger partial charge in [0, 0.05) is 0 Å². The molecule has 0 aliphatic heterocycles. The Morgan fingerprint density at radius 1 is 1.55 bits per heavy atom. The smallest absolute Gasteiger partial charge is 0.0119 e. The molecule has 0 bridgehead atoms. The standard InChI is InChI=1S/C11H16/c1-4-7-9-11(6-3)10-8-5-2/h1,6-7,9H,5,8,10H2,2-3H3/b9-7-,11-6+. The van der Waals surface area contributed by atoms with Crippen molar-refractivity contribution < 1.29 is 0 Å².